The molecule has 0 atom stereocenters. The molecular weight excluding hydrogens is 476 g/mol. The standard InChI is InChI=1S/C28H31ClN4O3/c1-35-27-17-24(9-12-26(27)36-21-23-5-3-2-4-6-23)18-30-31-28(34)20-33-15-13-32(14-16-33)19-22-7-10-25(29)11-8-22/h2-12,17-18H,13-16,19-21H2,1H3,(H,31,34). The van der Waals surface area contributed by atoms with Crippen molar-refractivity contribution >= 4 is 23.7 Å². The maximum absolute atomic E-state index is 12.4. The van der Waals surface area contributed by atoms with E-state index in [0.717, 1.165) is 48.9 Å². The fourth-order valence-electron chi connectivity index (χ4n) is 3.99. The van der Waals surface area contributed by atoms with Gasteiger partial charge in [0.25, 0.3) is 5.91 Å². The zero-order chi connectivity index (χ0) is 25.2. The molecule has 0 aromatic heterocycles. The Morgan fingerprint density at radius 3 is 2.39 bits per heavy atom. The van der Waals surface area contributed by atoms with Crippen LogP contribution in [0.2, 0.25) is 5.02 Å². The van der Waals surface area contributed by atoms with Crippen molar-refractivity contribution in [2.24, 2.45) is 5.10 Å². The summed E-state index contributed by atoms with van der Waals surface area (Å²) in [5.74, 6) is 1.13. The number of nitrogens with zero attached hydrogens (tertiary/aromatic N) is 3. The topological polar surface area (TPSA) is 66.4 Å². The molecule has 8 heteroatoms. The number of carbonyl (C=O) groups is 1. The molecule has 1 aliphatic rings. The van der Waals surface area contributed by atoms with E-state index in [2.05, 4.69) is 32.5 Å². The van der Waals surface area contributed by atoms with E-state index in [1.54, 1.807) is 13.3 Å². The highest BCUT2D eigenvalue weighted by atomic mass is 35.5. The van der Waals surface area contributed by atoms with Crippen LogP contribution < -0.4 is 14.9 Å². The summed E-state index contributed by atoms with van der Waals surface area (Å²) in [4.78, 5) is 16.9. The minimum Gasteiger partial charge on any atom is -0.493 e. The smallest absolute Gasteiger partial charge is 0.254 e. The van der Waals surface area contributed by atoms with Gasteiger partial charge in [-0.1, -0.05) is 54.1 Å². The minimum absolute atomic E-state index is 0.132. The molecule has 36 heavy (non-hydrogen) atoms. The number of methoxy groups -OCH3 is 1. The maximum atomic E-state index is 12.4. The van der Waals surface area contributed by atoms with Gasteiger partial charge in [0.1, 0.15) is 6.61 Å². The number of hydrogen-bond acceptors (Lipinski definition) is 6. The van der Waals surface area contributed by atoms with Crippen molar-refractivity contribution in [3.63, 3.8) is 0 Å². The zero-order valence-corrected chi connectivity index (χ0v) is 21.2. The minimum atomic E-state index is -0.132. The molecule has 0 unspecified atom stereocenters. The molecule has 0 spiro atoms. The molecule has 0 radical (unpaired) electrons. The van der Waals surface area contributed by atoms with Gasteiger partial charge in [-0.3, -0.25) is 14.6 Å². The lowest BCUT2D eigenvalue weighted by Gasteiger charge is -2.34. The number of rotatable bonds is 10. The van der Waals surface area contributed by atoms with Gasteiger partial charge >= 0.3 is 0 Å². The Morgan fingerprint density at radius 2 is 1.67 bits per heavy atom. The zero-order valence-electron chi connectivity index (χ0n) is 20.4. The third kappa shape index (κ3) is 7.81. The van der Waals surface area contributed by atoms with Crippen LogP contribution in [0.25, 0.3) is 0 Å². The normalized spacial score (nSPS) is 14.6. The van der Waals surface area contributed by atoms with Crippen LogP contribution in [0, 0.1) is 0 Å². The summed E-state index contributed by atoms with van der Waals surface area (Å²) >= 11 is 5.97. The number of carbonyl (C=O) groups excluding carboxylic acids is 1. The van der Waals surface area contributed by atoms with E-state index in [9.17, 15) is 4.79 Å². The molecular formula is C28H31ClN4O3. The van der Waals surface area contributed by atoms with E-state index in [0.29, 0.717) is 24.7 Å². The van der Waals surface area contributed by atoms with E-state index in [1.807, 2.05) is 60.7 Å². The van der Waals surface area contributed by atoms with Crippen LogP contribution in [0.1, 0.15) is 16.7 Å². The van der Waals surface area contributed by atoms with Crippen molar-refractivity contribution in [1.82, 2.24) is 15.2 Å². The summed E-state index contributed by atoms with van der Waals surface area (Å²) in [6, 6.07) is 23.4. The highest BCUT2D eigenvalue weighted by molar-refractivity contribution is 6.30. The van der Waals surface area contributed by atoms with E-state index in [4.69, 9.17) is 21.1 Å². The Balaban J connectivity index is 1.20. The molecule has 3 aromatic carbocycles. The highest BCUT2D eigenvalue weighted by Crippen LogP contribution is 2.28. The van der Waals surface area contributed by atoms with Crippen LogP contribution >= 0.6 is 11.6 Å². The molecule has 188 valence electrons. The van der Waals surface area contributed by atoms with Crippen molar-refractivity contribution < 1.29 is 14.3 Å². The highest BCUT2D eigenvalue weighted by Gasteiger charge is 2.19. The first-order valence-corrected chi connectivity index (χ1v) is 12.3. The maximum Gasteiger partial charge on any atom is 0.254 e. The molecule has 0 bridgehead atoms. The molecule has 0 aliphatic carbocycles. The van der Waals surface area contributed by atoms with Crippen LogP contribution in [0.5, 0.6) is 11.5 Å². The summed E-state index contributed by atoms with van der Waals surface area (Å²) < 4.78 is 11.4. The van der Waals surface area contributed by atoms with E-state index >= 15 is 0 Å². The van der Waals surface area contributed by atoms with Gasteiger partial charge in [-0.2, -0.15) is 5.10 Å². The van der Waals surface area contributed by atoms with E-state index < -0.39 is 0 Å². The number of nitrogens with one attached hydrogen (secondary N) is 1. The lowest BCUT2D eigenvalue weighted by atomic mass is 10.2. The average molecular weight is 507 g/mol. The quantitative estimate of drug-likeness (QED) is 0.330. The fraction of sp³-hybridized carbons (Fsp3) is 0.286. The van der Waals surface area contributed by atoms with Crippen LogP contribution in [-0.2, 0) is 17.9 Å². The molecule has 1 fully saturated rings. The van der Waals surface area contributed by atoms with Gasteiger partial charge in [-0.25, -0.2) is 5.43 Å². The van der Waals surface area contributed by atoms with Crippen LogP contribution in [0.15, 0.2) is 77.9 Å². The number of halogens is 1. The summed E-state index contributed by atoms with van der Waals surface area (Å²) in [7, 11) is 1.60. The second kappa shape index (κ2) is 13.1. The van der Waals surface area contributed by atoms with Gasteiger partial charge in [0.15, 0.2) is 11.5 Å². The average Bonchev–Trinajstić information content (AvgIpc) is 2.91. The fourth-order valence-corrected chi connectivity index (χ4v) is 4.12. The lowest BCUT2D eigenvalue weighted by molar-refractivity contribution is -0.122. The van der Waals surface area contributed by atoms with Crippen LogP contribution in [-0.4, -0.2) is 61.8 Å². The summed E-state index contributed by atoms with van der Waals surface area (Å²) in [5, 5.41) is 4.87. The number of piperazine rings is 1. The molecule has 1 amide bonds. The van der Waals surface area contributed by atoms with Crippen molar-refractivity contribution in [3.8, 4) is 11.5 Å². The summed E-state index contributed by atoms with van der Waals surface area (Å²) in [5.41, 5.74) is 5.75. The van der Waals surface area contributed by atoms with E-state index in [1.165, 1.54) is 5.56 Å². The molecule has 1 aliphatic heterocycles. The lowest BCUT2D eigenvalue weighted by Crippen LogP contribution is -2.48. The van der Waals surface area contributed by atoms with E-state index in [-0.39, 0.29) is 5.91 Å². The molecule has 4 rings (SSSR count). The Morgan fingerprint density at radius 1 is 0.944 bits per heavy atom. The Labute approximate surface area is 217 Å². The number of hydrogen-bond donors (Lipinski definition) is 1. The van der Waals surface area contributed by atoms with Gasteiger partial charge in [0, 0.05) is 37.7 Å². The van der Waals surface area contributed by atoms with Crippen molar-refractivity contribution in [3.05, 3.63) is 94.5 Å². The van der Waals surface area contributed by atoms with Gasteiger partial charge in [0.05, 0.1) is 19.9 Å². The number of ether oxygens (including phenoxy) is 2. The second-order valence-corrected chi connectivity index (χ2v) is 9.09. The first-order valence-electron chi connectivity index (χ1n) is 11.9. The Hall–Kier alpha value is -3.39. The number of hydrazone groups is 1. The predicted molar refractivity (Wildman–Crippen MR) is 143 cm³/mol. The van der Waals surface area contributed by atoms with Gasteiger partial charge < -0.3 is 9.47 Å². The third-order valence-electron chi connectivity index (χ3n) is 5.98. The summed E-state index contributed by atoms with van der Waals surface area (Å²) in [6.45, 7) is 5.17. The van der Waals surface area contributed by atoms with Crippen LogP contribution in [0.4, 0.5) is 0 Å². The molecule has 1 N–H and O–H groups in total. The molecule has 3 aromatic rings. The van der Waals surface area contributed by atoms with Crippen LogP contribution in [0.3, 0.4) is 0 Å². The predicted octanol–water partition coefficient (Wildman–Crippen LogP) is 4.20. The second-order valence-electron chi connectivity index (χ2n) is 8.66. The summed E-state index contributed by atoms with van der Waals surface area (Å²) in [6.07, 6.45) is 1.60. The van der Waals surface area contributed by atoms with Gasteiger partial charge in [0.2, 0.25) is 0 Å². The van der Waals surface area contributed by atoms with Crippen molar-refractivity contribution in [2.75, 3.05) is 39.8 Å². The SMILES string of the molecule is COc1cc(C=NNC(=O)CN2CCN(Cc3ccc(Cl)cc3)CC2)ccc1OCc1ccccc1. The Kier molecular flexibility index (Phi) is 9.33. The monoisotopic (exact) mass is 506 g/mol. The Bertz CT molecular complexity index is 1150. The van der Waals surface area contributed by atoms with Crippen molar-refractivity contribution in [1.29, 1.82) is 0 Å². The molecule has 0 saturated carbocycles. The number of amides is 1. The molecule has 1 heterocycles. The van der Waals surface area contributed by atoms with Gasteiger partial charge in [-0.15, -0.1) is 0 Å². The third-order valence-corrected chi connectivity index (χ3v) is 6.23. The molecule has 1 saturated heterocycles. The van der Waals surface area contributed by atoms with Crippen molar-refractivity contribution in [2.45, 2.75) is 13.2 Å². The molecule has 7 nitrogen and oxygen atoms in total. The first kappa shape index (κ1) is 25.7. The first-order chi connectivity index (χ1) is 17.6. The number of benzene rings is 3. The largest absolute Gasteiger partial charge is 0.493 e. The van der Waals surface area contributed by atoms with Gasteiger partial charge in [-0.05, 0) is 47.0 Å².